The summed E-state index contributed by atoms with van der Waals surface area (Å²) in [6.07, 6.45) is -0.171. The first-order valence-corrected chi connectivity index (χ1v) is 2.74. The van der Waals surface area contributed by atoms with E-state index >= 15 is 0 Å². The van der Waals surface area contributed by atoms with E-state index < -0.39 is 11.9 Å². The van der Waals surface area contributed by atoms with Crippen LogP contribution in [0.15, 0.2) is 0 Å². The lowest BCUT2D eigenvalue weighted by Crippen LogP contribution is -2.26. The van der Waals surface area contributed by atoms with Crippen molar-refractivity contribution in [3.63, 3.8) is 0 Å². The van der Waals surface area contributed by atoms with Gasteiger partial charge >= 0.3 is 0 Å². The van der Waals surface area contributed by atoms with Gasteiger partial charge in [0.15, 0.2) is 0 Å². The van der Waals surface area contributed by atoms with Crippen LogP contribution in [0.4, 0.5) is 0 Å². The van der Waals surface area contributed by atoms with Crippen molar-refractivity contribution in [1.29, 1.82) is 0 Å². The van der Waals surface area contributed by atoms with Crippen LogP contribution in [-0.4, -0.2) is 11.8 Å². The van der Waals surface area contributed by atoms with Crippen molar-refractivity contribution in [3.05, 3.63) is 0 Å². The molecule has 0 fully saturated rings. The van der Waals surface area contributed by atoms with Gasteiger partial charge in [0.25, 0.3) is 0 Å². The summed E-state index contributed by atoms with van der Waals surface area (Å²) < 4.78 is 0. The van der Waals surface area contributed by atoms with E-state index in [1.54, 1.807) is 6.92 Å². The molecule has 0 aliphatic rings. The van der Waals surface area contributed by atoms with E-state index in [0.29, 0.717) is 0 Å². The SMILES string of the molecule is CC(=O)[C@H](C)CC(=O)[O-]. The van der Waals surface area contributed by atoms with E-state index in [9.17, 15) is 14.7 Å². The fourth-order valence-corrected chi connectivity index (χ4v) is 0.394. The number of carboxylic acids is 1. The molecule has 0 aromatic carbocycles. The second-order valence-electron chi connectivity index (χ2n) is 2.09. The zero-order valence-corrected chi connectivity index (χ0v) is 5.51. The molecule has 0 bridgehead atoms. The van der Waals surface area contributed by atoms with Gasteiger partial charge in [0.05, 0.1) is 0 Å². The number of carboxylic acid groups (broad SMARTS) is 1. The lowest BCUT2D eigenvalue weighted by molar-refractivity contribution is -0.306. The molecule has 0 saturated heterocycles. The van der Waals surface area contributed by atoms with Gasteiger partial charge in [-0.2, -0.15) is 0 Å². The minimum absolute atomic E-state index is 0.112. The molecule has 0 aromatic rings. The molecule has 0 spiro atoms. The van der Waals surface area contributed by atoms with Crippen LogP contribution in [0.2, 0.25) is 0 Å². The maximum absolute atomic E-state index is 10.4. The van der Waals surface area contributed by atoms with E-state index in [2.05, 4.69) is 0 Å². The largest absolute Gasteiger partial charge is 0.550 e. The zero-order valence-electron chi connectivity index (χ0n) is 5.51. The molecule has 0 aliphatic heterocycles. The van der Waals surface area contributed by atoms with Crippen LogP contribution in [0.3, 0.4) is 0 Å². The van der Waals surface area contributed by atoms with Gasteiger partial charge in [0.1, 0.15) is 5.78 Å². The van der Waals surface area contributed by atoms with Gasteiger partial charge in [0, 0.05) is 11.9 Å². The first-order valence-electron chi connectivity index (χ1n) is 2.74. The molecule has 52 valence electrons. The molecule has 0 aromatic heterocycles. The summed E-state index contributed by atoms with van der Waals surface area (Å²) in [5.74, 6) is -1.69. The highest BCUT2D eigenvalue weighted by atomic mass is 16.4. The Balaban J connectivity index is 3.63. The average Bonchev–Trinajstić information content (AvgIpc) is 1.63. The fourth-order valence-electron chi connectivity index (χ4n) is 0.394. The van der Waals surface area contributed by atoms with Gasteiger partial charge in [-0.25, -0.2) is 0 Å². The molecule has 0 unspecified atom stereocenters. The van der Waals surface area contributed by atoms with Crippen molar-refractivity contribution < 1.29 is 14.7 Å². The zero-order chi connectivity index (χ0) is 7.44. The molecule has 0 heterocycles. The monoisotopic (exact) mass is 129 g/mol. The van der Waals surface area contributed by atoms with E-state index in [0.717, 1.165) is 0 Å². The lowest BCUT2D eigenvalue weighted by Gasteiger charge is -2.06. The van der Waals surface area contributed by atoms with Crippen molar-refractivity contribution in [2.24, 2.45) is 5.92 Å². The maximum atomic E-state index is 10.4. The second-order valence-corrected chi connectivity index (χ2v) is 2.09. The summed E-state index contributed by atoms with van der Waals surface area (Å²) in [6.45, 7) is 2.94. The number of Topliss-reactive ketones (excluding diaryl/α,β-unsaturated/α-hetero) is 1. The summed E-state index contributed by atoms with van der Waals surface area (Å²) in [5, 5.41) is 9.85. The van der Waals surface area contributed by atoms with Gasteiger partial charge in [-0.15, -0.1) is 0 Å². The molecule has 3 nitrogen and oxygen atoms in total. The topological polar surface area (TPSA) is 57.2 Å². The average molecular weight is 129 g/mol. The molecule has 0 rings (SSSR count). The highest BCUT2D eigenvalue weighted by molar-refractivity contribution is 5.81. The minimum atomic E-state index is -1.17. The van der Waals surface area contributed by atoms with Crippen LogP contribution in [0.5, 0.6) is 0 Å². The number of hydrogen-bond acceptors (Lipinski definition) is 3. The highest BCUT2D eigenvalue weighted by Crippen LogP contribution is 2.00. The number of carbonyl (C=O) groups is 2. The molecule has 9 heavy (non-hydrogen) atoms. The number of carbonyl (C=O) groups excluding carboxylic acids is 2. The summed E-state index contributed by atoms with van der Waals surface area (Å²) in [4.78, 5) is 20.2. The van der Waals surface area contributed by atoms with Gasteiger partial charge < -0.3 is 9.90 Å². The molecule has 0 N–H and O–H groups in total. The van der Waals surface area contributed by atoms with E-state index in [1.165, 1.54) is 6.92 Å². The van der Waals surface area contributed by atoms with Crippen molar-refractivity contribution >= 4 is 11.8 Å². The fraction of sp³-hybridized carbons (Fsp3) is 0.667. The third kappa shape index (κ3) is 3.70. The number of ketones is 1. The normalized spacial score (nSPS) is 12.7. The standard InChI is InChI=1S/C6H10O3/c1-4(5(2)7)3-6(8)9/h4H,3H2,1-2H3,(H,8,9)/p-1/t4-/m1/s1. The van der Waals surface area contributed by atoms with Crippen LogP contribution in [0.25, 0.3) is 0 Å². The van der Waals surface area contributed by atoms with Crippen molar-refractivity contribution in [2.45, 2.75) is 20.3 Å². The Hall–Kier alpha value is -0.860. The van der Waals surface area contributed by atoms with Crippen molar-refractivity contribution in [3.8, 4) is 0 Å². The van der Waals surface area contributed by atoms with Crippen molar-refractivity contribution in [1.82, 2.24) is 0 Å². The molecule has 1 atom stereocenters. The third-order valence-corrected chi connectivity index (χ3v) is 1.17. The Bertz CT molecular complexity index is 128. The van der Waals surface area contributed by atoms with E-state index in [-0.39, 0.29) is 12.2 Å². The number of aliphatic carboxylic acids is 1. The second kappa shape index (κ2) is 3.22. The maximum Gasteiger partial charge on any atom is 0.133 e. The predicted molar refractivity (Wildman–Crippen MR) is 29.5 cm³/mol. The van der Waals surface area contributed by atoms with E-state index in [4.69, 9.17) is 0 Å². The van der Waals surface area contributed by atoms with Crippen LogP contribution >= 0.6 is 0 Å². The Labute approximate surface area is 53.7 Å². The van der Waals surface area contributed by atoms with Gasteiger partial charge in [-0.1, -0.05) is 6.92 Å². The van der Waals surface area contributed by atoms with E-state index in [1.807, 2.05) is 0 Å². The smallest absolute Gasteiger partial charge is 0.133 e. The van der Waals surface area contributed by atoms with Crippen LogP contribution < -0.4 is 5.11 Å². The Kier molecular flexibility index (Phi) is 2.91. The van der Waals surface area contributed by atoms with Crippen molar-refractivity contribution in [2.75, 3.05) is 0 Å². The number of rotatable bonds is 3. The Morgan fingerprint density at radius 3 is 2.11 bits per heavy atom. The molecule has 3 heteroatoms. The summed E-state index contributed by atoms with van der Waals surface area (Å²) in [7, 11) is 0. The summed E-state index contributed by atoms with van der Waals surface area (Å²) >= 11 is 0. The Morgan fingerprint density at radius 1 is 1.56 bits per heavy atom. The van der Waals surface area contributed by atoms with Gasteiger partial charge in [-0.3, -0.25) is 4.79 Å². The lowest BCUT2D eigenvalue weighted by atomic mass is 10.0. The quantitative estimate of drug-likeness (QED) is 0.509. The Morgan fingerprint density at radius 2 is 2.00 bits per heavy atom. The minimum Gasteiger partial charge on any atom is -0.550 e. The van der Waals surface area contributed by atoms with Gasteiger partial charge in [-0.05, 0) is 13.3 Å². The number of hydrogen-bond donors (Lipinski definition) is 0. The van der Waals surface area contributed by atoms with Crippen LogP contribution in [-0.2, 0) is 9.59 Å². The molecule has 0 aliphatic carbocycles. The van der Waals surface area contributed by atoms with Gasteiger partial charge in [0.2, 0.25) is 0 Å². The molecular weight excluding hydrogens is 120 g/mol. The first kappa shape index (κ1) is 8.14. The molecule has 0 saturated carbocycles. The molecule has 0 amide bonds. The van der Waals surface area contributed by atoms with Crippen LogP contribution in [0.1, 0.15) is 20.3 Å². The summed E-state index contributed by atoms with van der Waals surface area (Å²) in [6, 6.07) is 0. The molecular formula is C6H9O3-. The highest BCUT2D eigenvalue weighted by Gasteiger charge is 2.06. The van der Waals surface area contributed by atoms with Crippen LogP contribution in [0, 0.1) is 5.92 Å². The summed E-state index contributed by atoms with van der Waals surface area (Å²) in [5.41, 5.74) is 0. The third-order valence-electron chi connectivity index (χ3n) is 1.17. The molecule has 0 radical (unpaired) electrons. The first-order chi connectivity index (χ1) is 4.04. The predicted octanol–water partition coefficient (Wildman–Crippen LogP) is -0.649.